The maximum absolute atomic E-state index is 9.02. The van der Waals surface area contributed by atoms with Gasteiger partial charge in [0.2, 0.25) is 0 Å². The Morgan fingerprint density at radius 3 is 2.67 bits per heavy atom. The quantitative estimate of drug-likeness (QED) is 0.891. The van der Waals surface area contributed by atoms with E-state index in [0.717, 1.165) is 6.42 Å². The number of benzene rings is 2. The van der Waals surface area contributed by atoms with E-state index < -0.39 is 0 Å². The van der Waals surface area contributed by atoms with E-state index in [1.54, 1.807) is 11.8 Å². The summed E-state index contributed by atoms with van der Waals surface area (Å²) in [4.78, 5) is 4.78. The van der Waals surface area contributed by atoms with Gasteiger partial charge in [0.15, 0.2) is 0 Å². The van der Waals surface area contributed by atoms with Gasteiger partial charge in [-0.05, 0) is 36.2 Å². The van der Waals surface area contributed by atoms with Crippen molar-refractivity contribution in [2.24, 2.45) is 0 Å². The first-order chi connectivity index (χ1) is 8.79. The third-order valence-electron chi connectivity index (χ3n) is 3.23. The van der Waals surface area contributed by atoms with Crippen LogP contribution >= 0.6 is 11.8 Å². The summed E-state index contributed by atoms with van der Waals surface area (Å²) in [6, 6.07) is 14.9. The number of para-hydroxylation sites is 1. The zero-order chi connectivity index (χ0) is 12.5. The number of fused-ring (bicyclic) bond motifs is 2. The molecule has 0 unspecified atom stereocenters. The molecule has 3 heteroatoms. The number of hydrogen-bond donors (Lipinski definition) is 1. The van der Waals surface area contributed by atoms with Crippen LogP contribution in [0.3, 0.4) is 0 Å². The van der Waals surface area contributed by atoms with Gasteiger partial charge in [-0.1, -0.05) is 30.0 Å². The highest BCUT2D eigenvalue weighted by molar-refractivity contribution is 7.99. The second kappa shape index (κ2) is 4.67. The standard InChI is InChI=1S/C15H15NOS/c1-16-12-4-2-3-5-14(12)18-15-10-11(8-9-17)6-7-13(15)16/h2-7,10,17H,8-9H2,1H3. The van der Waals surface area contributed by atoms with Crippen LogP contribution in [-0.4, -0.2) is 18.8 Å². The number of hydrogen-bond acceptors (Lipinski definition) is 3. The Morgan fingerprint density at radius 2 is 1.83 bits per heavy atom. The summed E-state index contributed by atoms with van der Waals surface area (Å²) in [6.45, 7) is 0.204. The molecule has 18 heavy (non-hydrogen) atoms. The predicted octanol–water partition coefficient (Wildman–Crippen LogP) is 3.45. The molecule has 1 heterocycles. The molecular weight excluding hydrogens is 242 g/mol. The molecule has 0 atom stereocenters. The molecule has 0 saturated carbocycles. The molecule has 92 valence electrons. The Morgan fingerprint density at radius 1 is 1.06 bits per heavy atom. The van der Waals surface area contributed by atoms with Crippen LogP contribution in [0, 0.1) is 0 Å². The van der Waals surface area contributed by atoms with E-state index in [4.69, 9.17) is 5.11 Å². The molecule has 0 spiro atoms. The normalized spacial score (nSPS) is 13.1. The van der Waals surface area contributed by atoms with E-state index >= 15 is 0 Å². The first-order valence-electron chi connectivity index (χ1n) is 6.04. The summed E-state index contributed by atoms with van der Waals surface area (Å²) in [5.41, 5.74) is 3.68. The zero-order valence-electron chi connectivity index (χ0n) is 10.3. The highest BCUT2D eigenvalue weighted by Crippen LogP contribution is 2.47. The Balaban J connectivity index is 2.05. The van der Waals surface area contributed by atoms with Crippen LogP contribution in [0.5, 0.6) is 0 Å². The molecule has 0 saturated heterocycles. The maximum Gasteiger partial charge on any atom is 0.0550 e. The van der Waals surface area contributed by atoms with Crippen molar-refractivity contribution in [3.8, 4) is 0 Å². The second-order valence-corrected chi connectivity index (χ2v) is 5.49. The van der Waals surface area contributed by atoms with Crippen molar-refractivity contribution < 1.29 is 5.11 Å². The fourth-order valence-corrected chi connectivity index (χ4v) is 3.48. The number of aliphatic hydroxyl groups is 1. The summed E-state index contributed by atoms with van der Waals surface area (Å²) in [7, 11) is 2.10. The molecule has 0 fully saturated rings. The highest BCUT2D eigenvalue weighted by atomic mass is 32.2. The maximum atomic E-state index is 9.02. The molecule has 1 aliphatic heterocycles. The fraction of sp³-hybridized carbons (Fsp3) is 0.200. The number of anilines is 2. The SMILES string of the molecule is CN1c2ccccc2Sc2cc(CCO)ccc21. The fourth-order valence-electron chi connectivity index (χ4n) is 2.27. The molecule has 2 nitrogen and oxygen atoms in total. The molecule has 0 bridgehead atoms. The smallest absolute Gasteiger partial charge is 0.0550 e. The van der Waals surface area contributed by atoms with Crippen LogP contribution in [0.1, 0.15) is 5.56 Å². The van der Waals surface area contributed by atoms with E-state index in [2.05, 4.69) is 54.4 Å². The Bertz CT molecular complexity index is 582. The van der Waals surface area contributed by atoms with Crippen LogP contribution in [0.25, 0.3) is 0 Å². The van der Waals surface area contributed by atoms with E-state index in [1.807, 2.05) is 0 Å². The van der Waals surface area contributed by atoms with Gasteiger partial charge >= 0.3 is 0 Å². The second-order valence-electron chi connectivity index (χ2n) is 4.40. The summed E-state index contributed by atoms with van der Waals surface area (Å²) in [5.74, 6) is 0. The molecule has 0 aliphatic carbocycles. The van der Waals surface area contributed by atoms with Gasteiger partial charge in [0, 0.05) is 23.4 Å². The predicted molar refractivity (Wildman–Crippen MR) is 75.9 cm³/mol. The molecular formula is C15H15NOS. The van der Waals surface area contributed by atoms with E-state index in [9.17, 15) is 0 Å². The van der Waals surface area contributed by atoms with Gasteiger partial charge in [-0.25, -0.2) is 0 Å². The highest BCUT2D eigenvalue weighted by Gasteiger charge is 2.20. The minimum Gasteiger partial charge on any atom is -0.396 e. The number of rotatable bonds is 2. The van der Waals surface area contributed by atoms with Crippen molar-refractivity contribution in [3.05, 3.63) is 48.0 Å². The largest absolute Gasteiger partial charge is 0.396 e. The molecule has 0 radical (unpaired) electrons. The lowest BCUT2D eigenvalue weighted by Gasteiger charge is -2.29. The van der Waals surface area contributed by atoms with Crippen molar-refractivity contribution in [2.75, 3.05) is 18.6 Å². The summed E-state index contributed by atoms with van der Waals surface area (Å²) in [6.07, 6.45) is 0.721. The van der Waals surface area contributed by atoms with E-state index in [1.165, 1.54) is 26.7 Å². The molecule has 3 rings (SSSR count). The van der Waals surface area contributed by atoms with Gasteiger partial charge in [0.1, 0.15) is 0 Å². The van der Waals surface area contributed by atoms with E-state index in [-0.39, 0.29) is 6.61 Å². The molecule has 1 aliphatic rings. The van der Waals surface area contributed by atoms with Crippen LogP contribution in [0.4, 0.5) is 11.4 Å². The lowest BCUT2D eigenvalue weighted by molar-refractivity contribution is 0.299. The van der Waals surface area contributed by atoms with Crippen LogP contribution in [0.2, 0.25) is 0 Å². The third kappa shape index (κ3) is 1.89. The third-order valence-corrected chi connectivity index (χ3v) is 4.34. The van der Waals surface area contributed by atoms with Crippen molar-refractivity contribution in [3.63, 3.8) is 0 Å². The minimum absolute atomic E-state index is 0.204. The number of nitrogens with zero attached hydrogens (tertiary/aromatic N) is 1. The van der Waals surface area contributed by atoms with Gasteiger partial charge in [-0.15, -0.1) is 0 Å². The summed E-state index contributed by atoms with van der Waals surface area (Å²) >= 11 is 1.80. The lowest BCUT2D eigenvalue weighted by Crippen LogP contribution is -2.14. The van der Waals surface area contributed by atoms with Gasteiger partial charge in [0.25, 0.3) is 0 Å². The minimum atomic E-state index is 0.204. The van der Waals surface area contributed by atoms with Crippen LogP contribution in [-0.2, 0) is 6.42 Å². The van der Waals surface area contributed by atoms with E-state index in [0.29, 0.717) is 0 Å². The zero-order valence-corrected chi connectivity index (χ0v) is 11.1. The average molecular weight is 257 g/mol. The van der Waals surface area contributed by atoms with Crippen molar-refractivity contribution in [1.29, 1.82) is 0 Å². The summed E-state index contributed by atoms with van der Waals surface area (Å²) in [5, 5.41) is 9.02. The van der Waals surface area contributed by atoms with Crippen LogP contribution < -0.4 is 4.90 Å². The molecule has 1 N–H and O–H groups in total. The Labute approximate surface area is 111 Å². The van der Waals surface area contributed by atoms with Gasteiger partial charge in [0.05, 0.1) is 11.4 Å². The van der Waals surface area contributed by atoms with Crippen molar-refractivity contribution >= 4 is 23.1 Å². The summed E-state index contributed by atoms with van der Waals surface area (Å²) < 4.78 is 0. The molecule has 0 amide bonds. The molecule has 2 aromatic rings. The van der Waals surface area contributed by atoms with Gasteiger partial charge in [-0.3, -0.25) is 0 Å². The monoisotopic (exact) mass is 257 g/mol. The first kappa shape index (κ1) is 11.6. The average Bonchev–Trinajstić information content (AvgIpc) is 2.39. The molecule has 0 aromatic heterocycles. The molecule has 2 aromatic carbocycles. The van der Waals surface area contributed by atoms with Gasteiger partial charge in [-0.2, -0.15) is 0 Å². The number of aliphatic hydroxyl groups excluding tert-OH is 1. The van der Waals surface area contributed by atoms with Gasteiger partial charge < -0.3 is 10.0 Å². The Kier molecular flexibility index (Phi) is 3.02. The topological polar surface area (TPSA) is 23.5 Å². The first-order valence-corrected chi connectivity index (χ1v) is 6.85. The Hall–Kier alpha value is -1.45. The lowest BCUT2D eigenvalue weighted by atomic mass is 10.1. The van der Waals surface area contributed by atoms with Crippen molar-refractivity contribution in [2.45, 2.75) is 16.2 Å². The van der Waals surface area contributed by atoms with Crippen molar-refractivity contribution in [1.82, 2.24) is 0 Å². The van der Waals surface area contributed by atoms with Crippen LogP contribution in [0.15, 0.2) is 52.3 Å².